The van der Waals surface area contributed by atoms with E-state index in [0.717, 1.165) is 11.3 Å². The number of rotatable bonds is 11. The SMILES string of the molecule is CC(C)C[C@H](NC(=O)[C@@H](O)c1cccs1)C(=O)N[C@@H](CC(F)F)C(=O)C(=O)O. The second-order valence-corrected chi connectivity index (χ2v) is 7.45. The van der Waals surface area contributed by atoms with E-state index in [1.165, 1.54) is 6.07 Å². The number of thiophene rings is 1. The van der Waals surface area contributed by atoms with Crippen molar-refractivity contribution in [2.75, 3.05) is 0 Å². The summed E-state index contributed by atoms with van der Waals surface area (Å²) in [5.74, 6) is -5.51. The van der Waals surface area contributed by atoms with Gasteiger partial charge < -0.3 is 20.8 Å². The first-order chi connectivity index (χ1) is 13.0. The lowest BCUT2D eigenvalue weighted by Gasteiger charge is -2.24. The molecule has 0 fully saturated rings. The number of carbonyl (C=O) groups excluding carboxylic acids is 3. The molecule has 0 aromatic carbocycles. The quantitative estimate of drug-likeness (QED) is 0.397. The van der Waals surface area contributed by atoms with Gasteiger partial charge in [-0.3, -0.25) is 14.4 Å². The van der Waals surface area contributed by atoms with Crippen LogP contribution in [-0.2, 0) is 19.2 Å². The smallest absolute Gasteiger partial charge is 0.374 e. The number of hydrogen-bond acceptors (Lipinski definition) is 6. The van der Waals surface area contributed by atoms with Crippen molar-refractivity contribution in [2.24, 2.45) is 5.92 Å². The van der Waals surface area contributed by atoms with Crippen molar-refractivity contribution in [3.8, 4) is 0 Å². The predicted octanol–water partition coefficient (Wildman–Crippen LogP) is 1.11. The second-order valence-electron chi connectivity index (χ2n) is 6.47. The molecule has 0 saturated carbocycles. The summed E-state index contributed by atoms with van der Waals surface area (Å²) >= 11 is 1.13. The highest BCUT2D eigenvalue weighted by atomic mass is 32.1. The molecule has 0 spiro atoms. The van der Waals surface area contributed by atoms with Crippen LogP contribution in [0.1, 0.15) is 37.7 Å². The summed E-state index contributed by atoms with van der Waals surface area (Å²) in [6.07, 6.45) is -5.64. The van der Waals surface area contributed by atoms with E-state index in [0.29, 0.717) is 4.88 Å². The van der Waals surface area contributed by atoms with Crippen molar-refractivity contribution in [2.45, 2.75) is 51.3 Å². The number of hydrogen-bond donors (Lipinski definition) is 4. The Kier molecular flexibility index (Phi) is 9.13. The van der Waals surface area contributed by atoms with E-state index in [9.17, 15) is 33.1 Å². The predicted molar refractivity (Wildman–Crippen MR) is 95.9 cm³/mol. The molecular formula is C17H22F2N2O6S. The van der Waals surface area contributed by atoms with Crippen LogP contribution in [0.4, 0.5) is 8.78 Å². The molecule has 11 heteroatoms. The Labute approximate surface area is 163 Å². The normalized spacial score (nSPS) is 14.4. The zero-order valence-corrected chi connectivity index (χ0v) is 16.0. The molecule has 1 aromatic heterocycles. The second kappa shape index (κ2) is 10.8. The number of aliphatic hydroxyl groups excluding tert-OH is 1. The molecule has 4 N–H and O–H groups in total. The number of ketones is 1. The Balaban J connectivity index is 2.91. The molecular weight excluding hydrogens is 398 g/mol. The summed E-state index contributed by atoms with van der Waals surface area (Å²) in [6, 6.07) is -0.0274. The monoisotopic (exact) mass is 420 g/mol. The zero-order valence-electron chi connectivity index (χ0n) is 15.2. The average molecular weight is 420 g/mol. The summed E-state index contributed by atoms with van der Waals surface area (Å²) in [6.45, 7) is 3.47. The number of aliphatic hydroxyl groups is 1. The highest BCUT2D eigenvalue weighted by molar-refractivity contribution is 7.10. The molecule has 0 unspecified atom stereocenters. The van der Waals surface area contributed by atoms with E-state index in [2.05, 4.69) is 5.32 Å². The number of Topliss-reactive ketones (excluding diaryl/α,β-unsaturated/α-hetero) is 1. The first-order valence-electron chi connectivity index (χ1n) is 8.40. The van der Waals surface area contributed by atoms with Crippen molar-refractivity contribution < 1.29 is 38.2 Å². The molecule has 1 heterocycles. The molecule has 8 nitrogen and oxygen atoms in total. The molecule has 0 aliphatic heterocycles. The number of alkyl halides is 2. The Morgan fingerprint density at radius 3 is 2.14 bits per heavy atom. The van der Waals surface area contributed by atoms with Crippen molar-refractivity contribution in [1.29, 1.82) is 0 Å². The number of carboxylic acid groups (broad SMARTS) is 1. The highest BCUT2D eigenvalue weighted by Crippen LogP contribution is 2.19. The summed E-state index contributed by atoms with van der Waals surface area (Å²) in [4.78, 5) is 47.4. The van der Waals surface area contributed by atoms with Gasteiger partial charge in [-0.15, -0.1) is 11.3 Å². The number of carbonyl (C=O) groups is 4. The minimum Gasteiger partial charge on any atom is -0.475 e. The molecule has 0 radical (unpaired) electrons. The van der Waals surface area contributed by atoms with Gasteiger partial charge in [-0.05, 0) is 23.8 Å². The van der Waals surface area contributed by atoms with Crippen LogP contribution in [0.5, 0.6) is 0 Å². The maximum absolute atomic E-state index is 12.6. The topological polar surface area (TPSA) is 133 Å². The van der Waals surface area contributed by atoms with Crippen LogP contribution in [0.25, 0.3) is 0 Å². The van der Waals surface area contributed by atoms with Gasteiger partial charge in [0.25, 0.3) is 11.7 Å². The Bertz CT molecular complexity index is 696. The lowest BCUT2D eigenvalue weighted by Crippen LogP contribution is -2.54. The Morgan fingerprint density at radius 1 is 1.07 bits per heavy atom. The van der Waals surface area contributed by atoms with Crippen LogP contribution in [0.2, 0.25) is 0 Å². The largest absolute Gasteiger partial charge is 0.475 e. The van der Waals surface area contributed by atoms with E-state index in [1.807, 2.05) is 5.32 Å². The van der Waals surface area contributed by atoms with Gasteiger partial charge in [0.2, 0.25) is 12.3 Å². The van der Waals surface area contributed by atoms with Gasteiger partial charge in [0.05, 0.1) is 0 Å². The molecule has 156 valence electrons. The Morgan fingerprint density at radius 2 is 1.68 bits per heavy atom. The van der Waals surface area contributed by atoms with E-state index in [-0.39, 0.29) is 12.3 Å². The maximum atomic E-state index is 12.6. The first kappa shape index (κ1) is 23.6. The lowest BCUT2D eigenvalue weighted by molar-refractivity contribution is -0.151. The van der Waals surface area contributed by atoms with Crippen molar-refractivity contribution in [1.82, 2.24) is 10.6 Å². The van der Waals surface area contributed by atoms with E-state index >= 15 is 0 Å². The highest BCUT2D eigenvalue weighted by Gasteiger charge is 2.33. The van der Waals surface area contributed by atoms with E-state index in [4.69, 9.17) is 5.11 Å². The molecule has 2 amide bonds. The maximum Gasteiger partial charge on any atom is 0.374 e. The molecule has 3 atom stereocenters. The molecule has 0 saturated heterocycles. The number of amides is 2. The fourth-order valence-corrected chi connectivity index (χ4v) is 3.07. The third kappa shape index (κ3) is 7.31. The molecule has 1 rings (SSSR count). The third-order valence-electron chi connectivity index (χ3n) is 3.66. The van der Waals surface area contributed by atoms with Crippen LogP contribution >= 0.6 is 11.3 Å². The summed E-state index contributed by atoms with van der Waals surface area (Å²) in [7, 11) is 0. The van der Waals surface area contributed by atoms with E-state index in [1.54, 1.807) is 25.3 Å². The molecule has 0 bridgehead atoms. The number of aliphatic carboxylic acids is 1. The van der Waals surface area contributed by atoms with Crippen molar-refractivity contribution in [3.05, 3.63) is 22.4 Å². The molecule has 1 aromatic rings. The first-order valence-corrected chi connectivity index (χ1v) is 9.28. The fraction of sp³-hybridized carbons (Fsp3) is 0.529. The van der Waals surface area contributed by atoms with Gasteiger partial charge >= 0.3 is 5.97 Å². The van der Waals surface area contributed by atoms with Crippen LogP contribution in [0, 0.1) is 5.92 Å². The average Bonchev–Trinajstić information content (AvgIpc) is 3.12. The summed E-state index contributed by atoms with van der Waals surface area (Å²) < 4.78 is 25.3. The Hall–Kier alpha value is -2.40. The lowest BCUT2D eigenvalue weighted by atomic mass is 10.0. The summed E-state index contributed by atoms with van der Waals surface area (Å²) in [5.41, 5.74) is 0. The van der Waals surface area contributed by atoms with Crippen molar-refractivity contribution >= 4 is 34.9 Å². The molecule has 0 aliphatic carbocycles. The van der Waals surface area contributed by atoms with Crippen LogP contribution in [0.15, 0.2) is 17.5 Å². The number of carboxylic acids is 1. The molecule has 28 heavy (non-hydrogen) atoms. The van der Waals surface area contributed by atoms with Crippen molar-refractivity contribution in [3.63, 3.8) is 0 Å². The fourth-order valence-electron chi connectivity index (χ4n) is 2.36. The van der Waals surface area contributed by atoms with Gasteiger partial charge in [-0.25, -0.2) is 13.6 Å². The van der Waals surface area contributed by atoms with Gasteiger partial charge in [-0.1, -0.05) is 19.9 Å². The number of halogens is 2. The number of nitrogens with one attached hydrogen (secondary N) is 2. The van der Waals surface area contributed by atoms with Crippen LogP contribution < -0.4 is 10.6 Å². The van der Waals surface area contributed by atoms with Gasteiger partial charge in [-0.2, -0.15) is 0 Å². The van der Waals surface area contributed by atoms with Crippen LogP contribution in [-0.4, -0.2) is 52.3 Å². The van der Waals surface area contributed by atoms with Gasteiger partial charge in [0.1, 0.15) is 12.1 Å². The standard InChI is InChI=1S/C17H22F2N2O6S/c1-8(2)6-10(21-16(25)14(23)11-4-3-5-28-11)15(24)20-9(7-12(18)19)13(22)17(26)27/h3-5,8-10,12,14,23H,6-7H2,1-2H3,(H,20,24)(H,21,25)(H,26,27)/t9-,10-,14-/m0/s1. The third-order valence-corrected chi connectivity index (χ3v) is 4.58. The van der Waals surface area contributed by atoms with Crippen LogP contribution in [0.3, 0.4) is 0 Å². The van der Waals surface area contributed by atoms with Gasteiger partial charge in [0, 0.05) is 11.3 Å². The summed E-state index contributed by atoms with van der Waals surface area (Å²) in [5, 5.41) is 24.7. The minimum atomic E-state index is -3.02. The minimum absolute atomic E-state index is 0.0807. The van der Waals surface area contributed by atoms with E-state index < -0.39 is 54.6 Å². The zero-order chi connectivity index (χ0) is 21.4. The van der Waals surface area contributed by atoms with Gasteiger partial charge in [0.15, 0.2) is 6.10 Å². The molecule has 0 aliphatic rings.